The van der Waals surface area contributed by atoms with Gasteiger partial charge in [0.25, 0.3) is 5.17 Å². The molecular weight excluding hydrogens is 326 g/mol. The summed E-state index contributed by atoms with van der Waals surface area (Å²) in [6.07, 6.45) is 1.45. The first-order valence-corrected chi connectivity index (χ1v) is 7.34. The van der Waals surface area contributed by atoms with Gasteiger partial charge in [0.1, 0.15) is 5.75 Å². The van der Waals surface area contributed by atoms with Gasteiger partial charge in [-0.05, 0) is 42.3 Å². The Morgan fingerprint density at radius 1 is 1.42 bits per heavy atom. The first-order chi connectivity index (χ1) is 8.90. The molecule has 0 radical (unpaired) electrons. The molecule has 1 aromatic rings. The van der Waals surface area contributed by atoms with Crippen LogP contribution in [0.15, 0.2) is 16.6 Å². The number of carbonyl (C=O) groups is 1. The van der Waals surface area contributed by atoms with Crippen LogP contribution in [-0.2, 0) is 6.42 Å². The van der Waals surface area contributed by atoms with Crippen molar-refractivity contribution in [1.82, 2.24) is 4.90 Å². The Hall–Kier alpha value is -0.940. The molecule has 0 heterocycles. The van der Waals surface area contributed by atoms with Gasteiger partial charge < -0.3 is 9.64 Å². The molecule has 0 saturated heterocycles. The monoisotopic (exact) mass is 341 g/mol. The number of Topliss-reactive ketones (excluding diaryl/α,β-unsaturated/α-hetero) is 1. The molecule has 1 unspecified atom stereocenters. The maximum absolute atomic E-state index is 12.3. The average molecular weight is 342 g/mol. The van der Waals surface area contributed by atoms with Crippen molar-refractivity contribution in [1.29, 1.82) is 0 Å². The van der Waals surface area contributed by atoms with Crippen molar-refractivity contribution < 1.29 is 9.53 Å². The van der Waals surface area contributed by atoms with E-state index in [2.05, 4.69) is 22.9 Å². The molecule has 2 rings (SSSR count). The zero-order valence-electron chi connectivity index (χ0n) is 11.2. The van der Waals surface area contributed by atoms with Gasteiger partial charge in [-0.2, -0.15) is 0 Å². The smallest absolute Gasteiger partial charge is 0.264 e. The van der Waals surface area contributed by atoms with Gasteiger partial charge in [-0.3, -0.25) is 4.79 Å². The number of fused-ring (bicyclic) bond motifs is 1. The molecule has 1 aromatic carbocycles. The van der Waals surface area contributed by atoms with E-state index < -0.39 is 0 Å². The van der Waals surface area contributed by atoms with Crippen molar-refractivity contribution in [2.75, 3.05) is 14.1 Å². The molecule has 0 fully saturated rings. The number of nitrogens with zero attached hydrogens (tertiary/aromatic N) is 1. The number of ether oxygens (including phenoxy) is 1. The molecule has 0 spiro atoms. The molecule has 0 aromatic heterocycles. The summed E-state index contributed by atoms with van der Waals surface area (Å²) >= 11 is 8.66. The molecule has 5 heteroatoms. The van der Waals surface area contributed by atoms with Crippen LogP contribution in [0, 0.1) is 5.92 Å². The van der Waals surface area contributed by atoms with Gasteiger partial charge in [0.05, 0.1) is 5.56 Å². The number of carbonyl (C=O) groups excluding carboxylic acids is 1. The van der Waals surface area contributed by atoms with E-state index in [-0.39, 0.29) is 5.78 Å². The predicted molar refractivity (Wildman–Crippen MR) is 82.9 cm³/mol. The van der Waals surface area contributed by atoms with Gasteiger partial charge in [-0.25, -0.2) is 0 Å². The Balaban J connectivity index is 2.44. The normalized spacial score (nSPS) is 17.9. The highest BCUT2D eigenvalue weighted by molar-refractivity contribution is 9.10. The fraction of sp³-hybridized carbons (Fsp3) is 0.429. The molecule has 0 N–H and O–H groups in total. The zero-order chi connectivity index (χ0) is 14.2. The largest absolute Gasteiger partial charge is 0.431 e. The van der Waals surface area contributed by atoms with E-state index in [0.717, 1.165) is 16.5 Å². The van der Waals surface area contributed by atoms with Gasteiger partial charge >= 0.3 is 0 Å². The predicted octanol–water partition coefficient (Wildman–Crippen LogP) is 3.44. The van der Waals surface area contributed by atoms with Gasteiger partial charge in [0, 0.05) is 25.0 Å². The molecular formula is C14H16BrNO2S. The Bertz CT molecular complexity index is 542. The Labute approximate surface area is 127 Å². The molecule has 0 amide bonds. The number of hydrogen-bond donors (Lipinski definition) is 0. The first-order valence-electron chi connectivity index (χ1n) is 6.14. The van der Waals surface area contributed by atoms with E-state index in [1.807, 2.05) is 20.2 Å². The van der Waals surface area contributed by atoms with Crippen molar-refractivity contribution in [2.45, 2.75) is 19.8 Å². The van der Waals surface area contributed by atoms with Crippen molar-refractivity contribution in [3.05, 3.63) is 27.7 Å². The van der Waals surface area contributed by atoms with E-state index in [1.54, 1.807) is 11.0 Å². The summed E-state index contributed by atoms with van der Waals surface area (Å²) in [7, 11) is 3.63. The summed E-state index contributed by atoms with van der Waals surface area (Å²) in [5, 5.41) is 0.357. The van der Waals surface area contributed by atoms with Crippen molar-refractivity contribution in [3.8, 4) is 5.75 Å². The average Bonchev–Trinajstić information content (AvgIpc) is 2.32. The third kappa shape index (κ3) is 2.98. The first kappa shape index (κ1) is 14.5. The van der Waals surface area contributed by atoms with E-state index in [4.69, 9.17) is 17.0 Å². The number of hydrogen-bond acceptors (Lipinski definition) is 3. The molecule has 1 aliphatic rings. The standard InChI is InChI=1S/C14H16BrNO2S/c1-8-6-9-10(15)4-5-12(13(9)11(17)7-8)18-14(19)16(2)3/h4-5,8H,6-7H2,1-3H3. The van der Waals surface area contributed by atoms with E-state index in [0.29, 0.717) is 28.8 Å². The molecule has 0 saturated carbocycles. The minimum Gasteiger partial charge on any atom is -0.431 e. The third-order valence-corrected chi connectivity index (χ3v) is 4.34. The quantitative estimate of drug-likeness (QED) is 0.732. The Morgan fingerprint density at radius 2 is 2.11 bits per heavy atom. The van der Waals surface area contributed by atoms with E-state index >= 15 is 0 Å². The Kier molecular flexibility index (Phi) is 4.26. The molecule has 1 atom stereocenters. The summed E-state index contributed by atoms with van der Waals surface area (Å²) in [6.45, 7) is 2.09. The number of ketones is 1. The second-order valence-corrected chi connectivity index (χ2v) is 6.30. The summed E-state index contributed by atoms with van der Waals surface area (Å²) in [6, 6.07) is 3.71. The van der Waals surface area contributed by atoms with Gasteiger partial charge in [0.15, 0.2) is 5.78 Å². The number of thiocarbonyl (C=S) groups is 1. The highest BCUT2D eigenvalue weighted by Gasteiger charge is 2.28. The van der Waals surface area contributed by atoms with Crippen LogP contribution >= 0.6 is 28.1 Å². The minimum absolute atomic E-state index is 0.131. The van der Waals surface area contributed by atoms with Crippen molar-refractivity contribution in [3.63, 3.8) is 0 Å². The van der Waals surface area contributed by atoms with Crippen LogP contribution in [0.5, 0.6) is 5.75 Å². The van der Waals surface area contributed by atoms with Crippen LogP contribution in [0.1, 0.15) is 29.3 Å². The highest BCUT2D eigenvalue weighted by Crippen LogP contribution is 2.36. The number of benzene rings is 1. The topological polar surface area (TPSA) is 29.5 Å². The van der Waals surface area contributed by atoms with Crippen LogP contribution in [0.3, 0.4) is 0 Å². The van der Waals surface area contributed by atoms with Crippen molar-refractivity contribution in [2.24, 2.45) is 5.92 Å². The third-order valence-electron chi connectivity index (χ3n) is 3.15. The maximum Gasteiger partial charge on any atom is 0.264 e. The van der Waals surface area contributed by atoms with Crippen LogP contribution in [0.25, 0.3) is 0 Å². The van der Waals surface area contributed by atoms with Crippen LogP contribution in [0.4, 0.5) is 0 Å². The minimum atomic E-state index is 0.131. The summed E-state index contributed by atoms with van der Waals surface area (Å²) < 4.78 is 6.61. The van der Waals surface area contributed by atoms with E-state index in [9.17, 15) is 4.79 Å². The lowest BCUT2D eigenvalue weighted by Gasteiger charge is -2.24. The molecule has 0 aliphatic heterocycles. The zero-order valence-corrected chi connectivity index (χ0v) is 13.6. The van der Waals surface area contributed by atoms with Gasteiger partial charge in [0.2, 0.25) is 0 Å². The Morgan fingerprint density at radius 3 is 2.74 bits per heavy atom. The summed E-state index contributed by atoms with van der Waals surface area (Å²) in [4.78, 5) is 14.0. The molecule has 0 bridgehead atoms. The lowest BCUT2D eigenvalue weighted by atomic mass is 9.83. The fourth-order valence-electron chi connectivity index (χ4n) is 2.22. The van der Waals surface area contributed by atoms with Gasteiger partial charge in [-0.15, -0.1) is 0 Å². The maximum atomic E-state index is 12.3. The lowest BCUT2D eigenvalue weighted by molar-refractivity contribution is 0.0951. The molecule has 1 aliphatic carbocycles. The summed E-state index contributed by atoms with van der Waals surface area (Å²) in [5.41, 5.74) is 1.71. The fourth-order valence-corrected chi connectivity index (χ4v) is 2.80. The lowest BCUT2D eigenvalue weighted by Crippen LogP contribution is -2.27. The second kappa shape index (κ2) is 5.59. The molecule has 102 valence electrons. The highest BCUT2D eigenvalue weighted by atomic mass is 79.9. The van der Waals surface area contributed by atoms with Gasteiger partial charge in [-0.1, -0.05) is 22.9 Å². The SMILES string of the molecule is CC1CC(=O)c2c(OC(=S)N(C)C)ccc(Br)c2C1. The number of rotatable bonds is 1. The second-order valence-electron chi connectivity index (χ2n) is 5.10. The van der Waals surface area contributed by atoms with Crippen LogP contribution in [-0.4, -0.2) is 30.0 Å². The molecule has 19 heavy (non-hydrogen) atoms. The van der Waals surface area contributed by atoms with E-state index in [1.165, 1.54) is 0 Å². The summed E-state index contributed by atoms with van der Waals surface area (Å²) in [5.74, 6) is 1.06. The van der Waals surface area contributed by atoms with Crippen LogP contribution in [0.2, 0.25) is 0 Å². The molecule has 3 nitrogen and oxygen atoms in total. The van der Waals surface area contributed by atoms with Crippen LogP contribution < -0.4 is 4.74 Å². The van der Waals surface area contributed by atoms with Crippen molar-refractivity contribution >= 4 is 39.1 Å². The number of halogens is 1.